The van der Waals surface area contributed by atoms with E-state index in [0.29, 0.717) is 19.1 Å². The van der Waals surface area contributed by atoms with Crippen molar-refractivity contribution in [3.8, 4) is 5.75 Å². The van der Waals surface area contributed by atoms with Crippen LogP contribution in [0, 0.1) is 12.8 Å². The molecule has 0 N–H and O–H groups in total. The van der Waals surface area contributed by atoms with Crippen molar-refractivity contribution in [1.29, 1.82) is 0 Å². The lowest BCUT2D eigenvalue weighted by Gasteiger charge is -2.30. The quantitative estimate of drug-likeness (QED) is 0.670. The van der Waals surface area contributed by atoms with Gasteiger partial charge in [-0.15, -0.1) is 0 Å². The van der Waals surface area contributed by atoms with Crippen LogP contribution >= 0.6 is 0 Å². The molecule has 5 nitrogen and oxygen atoms in total. The monoisotopic (exact) mass is 377 g/mol. The maximum absolute atomic E-state index is 12.9. The molecule has 0 unspecified atom stereocenters. The molecule has 5 heteroatoms. The van der Waals surface area contributed by atoms with Crippen molar-refractivity contribution >= 4 is 16.9 Å². The molecule has 0 bridgehead atoms. The van der Waals surface area contributed by atoms with Crippen LogP contribution in [-0.2, 0) is 17.9 Å². The molecule has 0 saturated carbocycles. The number of fused-ring (bicyclic) bond motifs is 1. The smallest absolute Gasteiger partial charge is 0.242 e. The van der Waals surface area contributed by atoms with Gasteiger partial charge < -0.3 is 14.2 Å². The zero-order chi connectivity index (χ0) is 19.5. The van der Waals surface area contributed by atoms with Crippen molar-refractivity contribution in [3.05, 3.63) is 59.9 Å². The van der Waals surface area contributed by atoms with E-state index in [2.05, 4.69) is 6.92 Å². The molecular weight excluding hydrogens is 350 g/mol. The van der Waals surface area contributed by atoms with Gasteiger partial charge in [-0.25, -0.2) is 4.98 Å². The second-order valence-electron chi connectivity index (χ2n) is 7.72. The second-order valence-corrected chi connectivity index (χ2v) is 7.72. The van der Waals surface area contributed by atoms with Gasteiger partial charge in [-0.3, -0.25) is 4.79 Å². The topological polar surface area (TPSA) is 47.4 Å². The minimum Gasteiger partial charge on any atom is -0.485 e. The molecular formula is C23H27N3O2. The van der Waals surface area contributed by atoms with E-state index in [4.69, 9.17) is 9.72 Å². The first-order valence-corrected chi connectivity index (χ1v) is 10.0. The number of carbonyl (C=O) groups excluding carboxylic acids is 1. The first kappa shape index (κ1) is 18.5. The Bertz CT molecular complexity index is 971. The van der Waals surface area contributed by atoms with Crippen LogP contribution in [0.1, 0.15) is 31.2 Å². The number of hydrogen-bond donors (Lipinski definition) is 0. The third-order valence-corrected chi connectivity index (χ3v) is 5.61. The van der Waals surface area contributed by atoms with Crippen LogP contribution in [0.25, 0.3) is 11.0 Å². The van der Waals surface area contributed by atoms with Gasteiger partial charge in [-0.05, 0) is 49.4 Å². The Kier molecular flexibility index (Phi) is 5.33. The van der Waals surface area contributed by atoms with Crippen LogP contribution in [0.2, 0.25) is 0 Å². The Morgan fingerprint density at radius 1 is 1.11 bits per heavy atom. The summed E-state index contributed by atoms with van der Waals surface area (Å²) >= 11 is 0. The Morgan fingerprint density at radius 3 is 2.61 bits per heavy atom. The molecule has 1 aliphatic rings. The van der Waals surface area contributed by atoms with Gasteiger partial charge in [0.2, 0.25) is 5.91 Å². The molecule has 1 aromatic heterocycles. The molecule has 1 aliphatic heterocycles. The normalized spacial score (nSPS) is 15.1. The number of benzene rings is 2. The van der Waals surface area contributed by atoms with E-state index in [-0.39, 0.29) is 5.91 Å². The highest BCUT2D eigenvalue weighted by Crippen LogP contribution is 2.22. The Morgan fingerprint density at radius 2 is 1.82 bits per heavy atom. The molecule has 146 valence electrons. The number of rotatable bonds is 5. The first-order valence-electron chi connectivity index (χ1n) is 10.0. The van der Waals surface area contributed by atoms with Crippen LogP contribution in [0.5, 0.6) is 5.75 Å². The molecule has 0 atom stereocenters. The number of aromatic nitrogens is 2. The fourth-order valence-corrected chi connectivity index (χ4v) is 3.77. The molecule has 0 aliphatic carbocycles. The molecule has 0 radical (unpaired) electrons. The summed E-state index contributed by atoms with van der Waals surface area (Å²) in [6.45, 7) is 6.62. The van der Waals surface area contributed by atoms with Gasteiger partial charge in [-0.1, -0.05) is 37.3 Å². The number of imidazole rings is 1. The van der Waals surface area contributed by atoms with E-state index in [0.717, 1.165) is 54.1 Å². The predicted octanol–water partition coefficient (Wildman–Crippen LogP) is 4.18. The fourth-order valence-electron chi connectivity index (χ4n) is 3.77. The number of aryl methyl sites for hydroxylation is 1. The van der Waals surface area contributed by atoms with Crippen molar-refractivity contribution in [2.45, 2.75) is 39.8 Å². The highest BCUT2D eigenvalue weighted by molar-refractivity contribution is 5.81. The van der Waals surface area contributed by atoms with Crippen LogP contribution in [0.15, 0.2) is 48.5 Å². The number of carbonyl (C=O) groups is 1. The number of ether oxygens (including phenoxy) is 1. The van der Waals surface area contributed by atoms with E-state index in [9.17, 15) is 4.79 Å². The van der Waals surface area contributed by atoms with Gasteiger partial charge in [0, 0.05) is 13.1 Å². The fraction of sp³-hybridized carbons (Fsp3) is 0.391. The van der Waals surface area contributed by atoms with Crippen molar-refractivity contribution in [2.75, 3.05) is 13.1 Å². The molecule has 1 fully saturated rings. The third kappa shape index (κ3) is 3.88. The van der Waals surface area contributed by atoms with Crippen LogP contribution in [0.4, 0.5) is 0 Å². The molecule has 1 amide bonds. The Labute approximate surface area is 165 Å². The minimum absolute atomic E-state index is 0.159. The molecule has 1 saturated heterocycles. The minimum atomic E-state index is 0.159. The SMILES string of the molecule is Cc1ccccc1OCc1nc2ccccc2n1CC(=O)N1CCC(C)CC1. The number of amides is 1. The standard InChI is InChI=1S/C23H27N3O2/c1-17-11-13-25(14-12-17)23(27)15-26-20-9-5-4-8-19(20)24-22(26)16-28-21-10-6-3-7-18(21)2/h3-10,17H,11-16H2,1-2H3. The molecule has 2 aromatic carbocycles. The summed E-state index contributed by atoms with van der Waals surface area (Å²) in [4.78, 5) is 19.7. The Balaban J connectivity index is 1.56. The lowest BCUT2D eigenvalue weighted by atomic mass is 9.99. The first-order chi connectivity index (χ1) is 13.6. The zero-order valence-electron chi connectivity index (χ0n) is 16.6. The summed E-state index contributed by atoms with van der Waals surface area (Å²) in [6, 6.07) is 15.9. The number of hydrogen-bond acceptors (Lipinski definition) is 3. The largest absolute Gasteiger partial charge is 0.485 e. The van der Waals surface area contributed by atoms with Crippen molar-refractivity contribution in [2.24, 2.45) is 5.92 Å². The average Bonchev–Trinajstić information content (AvgIpc) is 3.05. The summed E-state index contributed by atoms with van der Waals surface area (Å²) in [5, 5.41) is 0. The van der Waals surface area contributed by atoms with E-state index in [1.807, 2.05) is 64.9 Å². The summed E-state index contributed by atoms with van der Waals surface area (Å²) in [5.74, 6) is 2.49. The highest BCUT2D eigenvalue weighted by Gasteiger charge is 2.22. The number of nitrogens with zero attached hydrogens (tertiary/aromatic N) is 3. The predicted molar refractivity (Wildman–Crippen MR) is 110 cm³/mol. The summed E-state index contributed by atoms with van der Waals surface area (Å²) in [5.41, 5.74) is 2.96. The number of para-hydroxylation sites is 3. The van der Waals surface area contributed by atoms with E-state index >= 15 is 0 Å². The maximum Gasteiger partial charge on any atom is 0.242 e. The number of likely N-dealkylation sites (tertiary alicyclic amines) is 1. The van der Waals surface area contributed by atoms with E-state index < -0.39 is 0 Å². The van der Waals surface area contributed by atoms with Gasteiger partial charge in [-0.2, -0.15) is 0 Å². The summed E-state index contributed by atoms with van der Waals surface area (Å²) in [7, 11) is 0. The third-order valence-electron chi connectivity index (χ3n) is 5.61. The van der Waals surface area contributed by atoms with Gasteiger partial charge in [0.25, 0.3) is 0 Å². The highest BCUT2D eigenvalue weighted by atomic mass is 16.5. The zero-order valence-corrected chi connectivity index (χ0v) is 16.6. The van der Waals surface area contributed by atoms with Gasteiger partial charge in [0.05, 0.1) is 11.0 Å². The van der Waals surface area contributed by atoms with Crippen LogP contribution in [0.3, 0.4) is 0 Å². The average molecular weight is 377 g/mol. The van der Waals surface area contributed by atoms with Crippen molar-refractivity contribution < 1.29 is 9.53 Å². The summed E-state index contributed by atoms with van der Waals surface area (Å²) in [6.07, 6.45) is 2.17. The van der Waals surface area contributed by atoms with Crippen molar-refractivity contribution in [3.63, 3.8) is 0 Å². The lowest BCUT2D eigenvalue weighted by Crippen LogP contribution is -2.40. The van der Waals surface area contributed by atoms with Crippen LogP contribution in [-0.4, -0.2) is 33.4 Å². The van der Waals surface area contributed by atoms with Gasteiger partial charge in [0.15, 0.2) is 0 Å². The van der Waals surface area contributed by atoms with Crippen LogP contribution < -0.4 is 4.74 Å². The van der Waals surface area contributed by atoms with E-state index in [1.54, 1.807) is 0 Å². The number of piperidine rings is 1. The van der Waals surface area contributed by atoms with E-state index in [1.165, 1.54) is 0 Å². The van der Waals surface area contributed by atoms with Gasteiger partial charge in [0.1, 0.15) is 24.7 Å². The second kappa shape index (κ2) is 8.05. The molecule has 3 aromatic rings. The molecule has 2 heterocycles. The maximum atomic E-state index is 12.9. The molecule has 28 heavy (non-hydrogen) atoms. The van der Waals surface area contributed by atoms with Crippen molar-refractivity contribution in [1.82, 2.24) is 14.5 Å². The molecule has 0 spiro atoms. The lowest BCUT2D eigenvalue weighted by molar-refractivity contribution is -0.133. The molecule has 4 rings (SSSR count). The summed E-state index contributed by atoms with van der Waals surface area (Å²) < 4.78 is 8.03. The van der Waals surface area contributed by atoms with Gasteiger partial charge >= 0.3 is 0 Å². The Hall–Kier alpha value is -2.82.